The molecular weight excluding hydrogens is 446 g/mol. The lowest BCUT2D eigenvalue weighted by Gasteiger charge is -2.22. The van der Waals surface area contributed by atoms with Gasteiger partial charge in [0.15, 0.2) is 11.4 Å². The smallest absolute Gasteiger partial charge is 0.419 e. The van der Waals surface area contributed by atoms with Crippen LogP contribution in [0.3, 0.4) is 0 Å². The van der Waals surface area contributed by atoms with Crippen LogP contribution in [0.15, 0.2) is 40.8 Å². The average molecular weight is 467 g/mol. The van der Waals surface area contributed by atoms with E-state index in [0.29, 0.717) is 35.1 Å². The van der Waals surface area contributed by atoms with E-state index in [4.69, 9.17) is 13.9 Å². The van der Waals surface area contributed by atoms with Gasteiger partial charge in [-0.2, -0.15) is 13.2 Å². The van der Waals surface area contributed by atoms with Crippen molar-refractivity contribution in [2.75, 3.05) is 0 Å². The number of carboxylic acid groups (broad SMARTS) is 1. The number of oxazole rings is 1. The second-order valence-electron chi connectivity index (χ2n) is 7.85. The van der Waals surface area contributed by atoms with Crippen molar-refractivity contribution in [1.82, 2.24) is 4.98 Å². The van der Waals surface area contributed by atoms with Crippen molar-refractivity contribution < 1.29 is 41.4 Å². The van der Waals surface area contributed by atoms with Crippen molar-refractivity contribution >= 4 is 5.97 Å². The van der Waals surface area contributed by atoms with Gasteiger partial charge in [0.05, 0.1) is 11.3 Å². The Morgan fingerprint density at radius 1 is 1.12 bits per heavy atom. The number of aliphatic carboxylic acids is 1. The fourth-order valence-corrected chi connectivity index (χ4v) is 2.84. The van der Waals surface area contributed by atoms with Gasteiger partial charge in [-0.3, -0.25) is 0 Å². The lowest BCUT2D eigenvalue weighted by molar-refractivity contribution is -0.152. The van der Waals surface area contributed by atoms with Crippen LogP contribution < -0.4 is 9.47 Å². The number of ether oxygens (including phenoxy) is 2. The molecule has 0 amide bonds. The van der Waals surface area contributed by atoms with Crippen molar-refractivity contribution in [3.05, 3.63) is 64.8 Å². The summed E-state index contributed by atoms with van der Waals surface area (Å²) in [4.78, 5) is 15.4. The molecule has 176 valence electrons. The van der Waals surface area contributed by atoms with Gasteiger partial charge in [0.1, 0.15) is 23.9 Å². The zero-order chi connectivity index (χ0) is 24.6. The first kappa shape index (κ1) is 24.1. The Balaban J connectivity index is 1.78. The molecule has 1 heterocycles. The van der Waals surface area contributed by atoms with Crippen molar-refractivity contribution in [2.24, 2.45) is 0 Å². The van der Waals surface area contributed by atoms with E-state index < -0.39 is 29.1 Å². The van der Waals surface area contributed by atoms with Crippen LogP contribution in [0, 0.1) is 19.7 Å². The quantitative estimate of drug-likeness (QED) is 0.433. The molecule has 1 aromatic heterocycles. The van der Waals surface area contributed by atoms with Crippen LogP contribution in [0.2, 0.25) is 0 Å². The predicted molar refractivity (Wildman–Crippen MR) is 109 cm³/mol. The Morgan fingerprint density at radius 2 is 1.82 bits per heavy atom. The van der Waals surface area contributed by atoms with Crippen LogP contribution >= 0.6 is 0 Å². The van der Waals surface area contributed by atoms with Crippen LogP contribution in [0.1, 0.15) is 36.4 Å². The highest BCUT2D eigenvalue weighted by atomic mass is 19.4. The van der Waals surface area contributed by atoms with Crippen molar-refractivity contribution in [2.45, 2.75) is 46.1 Å². The van der Waals surface area contributed by atoms with E-state index in [0.717, 1.165) is 11.6 Å². The van der Waals surface area contributed by atoms with Gasteiger partial charge in [0, 0.05) is 11.6 Å². The van der Waals surface area contributed by atoms with Gasteiger partial charge in [-0.05, 0) is 57.5 Å². The third-order valence-electron chi connectivity index (χ3n) is 4.82. The van der Waals surface area contributed by atoms with Gasteiger partial charge >= 0.3 is 12.1 Å². The number of alkyl halides is 3. The lowest BCUT2D eigenvalue weighted by atomic mass is 10.1. The molecule has 0 atom stereocenters. The first-order chi connectivity index (χ1) is 15.3. The van der Waals surface area contributed by atoms with E-state index in [1.165, 1.54) is 19.9 Å². The summed E-state index contributed by atoms with van der Waals surface area (Å²) < 4.78 is 69.1. The first-order valence-corrected chi connectivity index (χ1v) is 9.77. The molecule has 0 saturated carbocycles. The predicted octanol–water partition coefficient (Wildman–Crippen LogP) is 5.94. The molecule has 0 unspecified atom stereocenters. The van der Waals surface area contributed by atoms with Crippen LogP contribution in [0.25, 0.3) is 11.5 Å². The summed E-state index contributed by atoms with van der Waals surface area (Å²) in [5, 5.41) is 9.22. The summed E-state index contributed by atoms with van der Waals surface area (Å²) in [5.41, 5.74) is -1.60. The van der Waals surface area contributed by atoms with E-state index in [2.05, 4.69) is 4.98 Å². The zero-order valence-electron chi connectivity index (χ0n) is 18.2. The molecule has 0 aliphatic heterocycles. The Bertz CT molecular complexity index is 1180. The molecule has 0 bridgehead atoms. The zero-order valence-corrected chi connectivity index (χ0v) is 18.2. The van der Waals surface area contributed by atoms with Crippen molar-refractivity contribution in [1.29, 1.82) is 0 Å². The molecule has 1 N–H and O–H groups in total. The topological polar surface area (TPSA) is 81.8 Å². The largest absolute Gasteiger partial charge is 0.485 e. The van der Waals surface area contributed by atoms with Crippen molar-refractivity contribution in [3.8, 4) is 23.0 Å². The minimum atomic E-state index is -4.80. The summed E-state index contributed by atoms with van der Waals surface area (Å²) >= 11 is 0. The SMILES string of the molecule is Cc1ccc(OC(C)(C)C(=O)O)cc1OCc1oc(-c2ccc(C(F)(F)F)c(F)c2)nc1C. The second-order valence-corrected chi connectivity index (χ2v) is 7.85. The summed E-state index contributed by atoms with van der Waals surface area (Å²) in [6.45, 7) is 6.16. The molecule has 3 aromatic rings. The highest BCUT2D eigenvalue weighted by molar-refractivity contribution is 5.76. The molecule has 2 aromatic carbocycles. The van der Waals surface area contributed by atoms with E-state index in [9.17, 15) is 27.5 Å². The second kappa shape index (κ2) is 8.76. The summed E-state index contributed by atoms with van der Waals surface area (Å²) in [7, 11) is 0. The lowest BCUT2D eigenvalue weighted by Crippen LogP contribution is -2.37. The molecule has 0 spiro atoms. The minimum Gasteiger partial charge on any atom is -0.485 e. The summed E-state index contributed by atoms with van der Waals surface area (Å²) in [6.07, 6.45) is -4.80. The van der Waals surface area contributed by atoms with Gasteiger partial charge in [0.2, 0.25) is 5.89 Å². The van der Waals surface area contributed by atoms with E-state index in [1.54, 1.807) is 26.0 Å². The number of hydrogen-bond acceptors (Lipinski definition) is 5. The maximum absolute atomic E-state index is 13.9. The van der Waals surface area contributed by atoms with Crippen LogP contribution in [-0.2, 0) is 17.6 Å². The minimum absolute atomic E-state index is 0.0456. The van der Waals surface area contributed by atoms with Gasteiger partial charge in [-0.25, -0.2) is 14.2 Å². The van der Waals surface area contributed by atoms with E-state index >= 15 is 0 Å². The van der Waals surface area contributed by atoms with Crippen molar-refractivity contribution in [3.63, 3.8) is 0 Å². The molecular formula is C23H21F4NO5. The molecule has 0 radical (unpaired) electrons. The van der Waals surface area contributed by atoms with Crippen LogP contribution in [-0.4, -0.2) is 21.7 Å². The third-order valence-corrected chi connectivity index (χ3v) is 4.82. The molecule has 3 rings (SSSR count). The molecule has 0 fully saturated rings. The molecule has 0 saturated heterocycles. The number of rotatable bonds is 7. The normalized spacial score (nSPS) is 12.0. The molecule has 0 aliphatic carbocycles. The average Bonchev–Trinajstić information content (AvgIpc) is 3.07. The fourth-order valence-electron chi connectivity index (χ4n) is 2.84. The molecule has 33 heavy (non-hydrogen) atoms. The molecule has 0 aliphatic rings. The standard InChI is InChI=1S/C23H21F4NO5/c1-12-5-7-15(33-22(3,4)21(29)30)10-18(12)31-11-19-13(2)28-20(32-19)14-6-8-16(17(24)9-14)23(25,26)27/h5-10H,11H2,1-4H3,(H,29,30). The fraction of sp³-hybridized carbons (Fsp3) is 0.304. The van der Waals surface area contributed by atoms with Gasteiger partial charge in [-0.15, -0.1) is 0 Å². The highest BCUT2D eigenvalue weighted by Gasteiger charge is 2.34. The number of carboxylic acids is 1. The number of aryl methyl sites for hydroxylation is 2. The molecule has 6 nitrogen and oxygen atoms in total. The number of aromatic nitrogens is 1. The van der Waals surface area contributed by atoms with E-state index in [-0.39, 0.29) is 18.1 Å². The Labute approximate surface area is 186 Å². The Morgan fingerprint density at radius 3 is 2.42 bits per heavy atom. The number of nitrogens with zero attached hydrogens (tertiary/aromatic N) is 1. The number of carbonyl (C=O) groups is 1. The van der Waals surface area contributed by atoms with E-state index in [1.807, 2.05) is 0 Å². The first-order valence-electron chi connectivity index (χ1n) is 9.77. The Kier molecular flexibility index (Phi) is 6.40. The highest BCUT2D eigenvalue weighted by Crippen LogP contribution is 2.34. The number of benzene rings is 2. The van der Waals surface area contributed by atoms with Crippen LogP contribution in [0.5, 0.6) is 11.5 Å². The monoisotopic (exact) mass is 467 g/mol. The Hall–Kier alpha value is -3.56. The maximum atomic E-state index is 13.9. The number of hydrogen-bond donors (Lipinski definition) is 1. The third kappa shape index (κ3) is 5.44. The van der Waals surface area contributed by atoms with Gasteiger partial charge < -0.3 is 19.0 Å². The summed E-state index contributed by atoms with van der Waals surface area (Å²) in [6, 6.07) is 7.28. The van der Waals surface area contributed by atoms with Gasteiger partial charge in [-0.1, -0.05) is 6.07 Å². The van der Waals surface area contributed by atoms with Crippen LogP contribution in [0.4, 0.5) is 17.6 Å². The molecule has 10 heteroatoms. The van der Waals surface area contributed by atoms with Gasteiger partial charge in [0.25, 0.3) is 0 Å². The maximum Gasteiger partial charge on any atom is 0.419 e. The number of halogens is 4. The summed E-state index contributed by atoms with van der Waals surface area (Å²) in [5.74, 6) is -1.61.